The number of aromatic nitrogens is 2. The third-order valence-corrected chi connectivity index (χ3v) is 6.57. The predicted molar refractivity (Wildman–Crippen MR) is 126 cm³/mol. The molecule has 1 aromatic carbocycles. The monoisotopic (exact) mass is 456 g/mol. The van der Waals surface area contributed by atoms with Gasteiger partial charge in [-0.25, -0.2) is 9.78 Å². The van der Waals surface area contributed by atoms with Crippen LogP contribution in [0.3, 0.4) is 0 Å². The molecule has 2 heterocycles. The Morgan fingerprint density at radius 2 is 2.00 bits per heavy atom. The fourth-order valence-corrected chi connectivity index (χ4v) is 4.54. The molecular formula is C23H28N4O4S. The SMILES string of the molecule is CCOC(=O)c1sc2nc(C(C)N(C)CC(=O)Nc3ccccc3CC)[nH]c(=O)c2c1C. The van der Waals surface area contributed by atoms with Gasteiger partial charge in [-0.3, -0.25) is 14.5 Å². The molecule has 0 saturated heterocycles. The standard InChI is InChI=1S/C23H28N4O4S/c1-6-15-10-8-9-11-16(15)24-17(28)12-27(5)14(4)20-25-21(29)18-13(3)19(23(30)31-7-2)32-22(18)26-20/h8-11,14H,6-7,12H2,1-5H3,(H,24,28)(H,25,26,29). The molecule has 0 spiro atoms. The van der Waals surface area contributed by atoms with Crippen molar-refractivity contribution in [2.45, 2.75) is 40.2 Å². The maximum absolute atomic E-state index is 12.7. The number of aryl methyl sites for hydroxylation is 2. The lowest BCUT2D eigenvalue weighted by atomic mass is 10.1. The van der Waals surface area contributed by atoms with E-state index in [2.05, 4.69) is 15.3 Å². The van der Waals surface area contributed by atoms with Crippen LogP contribution in [0.15, 0.2) is 29.1 Å². The van der Waals surface area contributed by atoms with Crippen LogP contribution < -0.4 is 10.9 Å². The molecule has 8 nitrogen and oxygen atoms in total. The van der Waals surface area contributed by atoms with Crippen molar-refractivity contribution in [3.05, 3.63) is 56.4 Å². The Bertz CT molecular complexity index is 1200. The lowest BCUT2D eigenvalue weighted by molar-refractivity contribution is -0.117. The van der Waals surface area contributed by atoms with Crippen molar-refractivity contribution in [2.75, 3.05) is 25.5 Å². The second kappa shape index (κ2) is 10.1. The number of aromatic amines is 1. The van der Waals surface area contributed by atoms with Crippen LogP contribution in [-0.2, 0) is 16.0 Å². The number of fused-ring (bicyclic) bond motifs is 1. The van der Waals surface area contributed by atoms with Gasteiger partial charge in [-0.15, -0.1) is 11.3 Å². The predicted octanol–water partition coefficient (Wildman–Crippen LogP) is 3.66. The van der Waals surface area contributed by atoms with Gasteiger partial charge in [-0.1, -0.05) is 25.1 Å². The van der Waals surface area contributed by atoms with Gasteiger partial charge in [0.25, 0.3) is 5.56 Å². The van der Waals surface area contributed by atoms with Crippen LogP contribution in [-0.4, -0.2) is 46.9 Å². The number of hydrogen-bond donors (Lipinski definition) is 2. The van der Waals surface area contributed by atoms with E-state index in [9.17, 15) is 14.4 Å². The Morgan fingerprint density at radius 1 is 1.28 bits per heavy atom. The summed E-state index contributed by atoms with van der Waals surface area (Å²) in [6.45, 7) is 7.74. The quantitative estimate of drug-likeness (QED) is 0.501. The summed E-state index contributed by atoms with van der Waals surface area (Å²) in [6, 6.07) is 7.37. The van der Waals surface area contributed by atoms with E-state index < -0.39 is 5.97 Å². The second-order valence-electron chi connectivity index (χ2n) is 7.56. The summed E-state index contributed by atoms with van der Waals surface area (Å²) in [5.74, 6) is -0.174. The maximum atomic E-state index is 12.7. The fraction of sp³-hybridized carbons (Fsp3) is 0.391. The first-order valence-electron chi connectivity index (χ1n) is 10.5. The van der Waals surface area contributed by atoms with Gasteiger partial charge in [-0.05, 0) is 51.4 Å². The Kier molecular flexibility index (Phi) is 7.42. The third-order valence-electron chi connectivity index (χ3n) is 5.40. The Morgan fingerprint density at radius 3 is 2.69 bits per heavy atom. The first-order valence-corrected chi connectivity index (χ1v) is 11.4. The number of amides is 1. The molecule has 2 aromatic heterocycles. The molecule has 32 heavy (non-hydrogen) atoms. The minimum atomic E-state index is -0.455. The Labute approximate surface area is 190 Å². The molecular weight excluding hydrogens is 428 g/mol. The van der Waals surface area contributed by atoms with Gasteiger partial charge < -0.3 is 15.0 Å². The molecule has 1 unspecified atom stereocenters. The van der Waals surface area contributed by atoms with Crippen LogP contribution in [0.5, 0.6) is 0 Å². The maximum Gasteiger partial charge on any atom is 0.348 e. The van der Waals surface area contributed by atoms with Crippen LogP contribution >= 0.6 is 11.3 Å². The summed E-state index contributed by atoms with van der Waals surface area (Å²) in [5, 5.41) is 3.35. The summed E-state index contributed by atoms with van der Waals surface area (Å²) in [6.07, 6.45) is 0.821. The minimum Gasteiger partial charge on any atom is -0.462 e. The van der Waals surface area contributed by atoms with Crippen molar-refractivity contribution in [2.24, 2.45) is 0 Å². The number of ether oxygens (including phenoxy) is 1. The molecule has 0 aliphatic rings. The van der Waals surface area contributed by atoms with Crippen molar-refractivity contribution in [3.8, 4) is 0 Å². The average Bonchev–Trinajstić information content (AvgIpc) is 3.10. The van der Waals surface area contributed by atoms with E-state index >= 15 is 0 Å². The van der Waals surface area contributed by atoms with Crippen LogP contribution in [0.2, 0.25) is 0 Å². The molecule has 3 aromatic rings. The van der Waals surface area contributed by atoms with Crippen molar-refractivity contribution in [3.63, 3.8) is 0 Å². The number of likely N-dealkylation sites (N-methyl/N-ethyl adjacent to an activating group) is 1. The highest BCUT2D eigenvalue weighted by Gasteiger charge is 2.23. The van der Waals surface area contributed by atoms with Gasteiger partial charge in [0.1, 0.15) is 15.5 Å². The third kappa shape index (κ3) is 4.89. The molecule has 1 atom stereocenters. The van der Waals surface area contributed by atoms with E-state index in [0.717, 1.165) is 29.0 Å². The molecule has 0 aliphatic heterocycles. The topological polar surface area (TPSA) is 104 Å². The number of thiophene rings is 1. The van der Waals surface area contributed by atoms with Crippen molar-refractivity contribution < 1.29 is 14.3 Å². The number of rotatable bonds is 8. The highest BCUT2D eigenvalue weighted by Crippen LogP contribution is 2.28. The number of nitrogens with zero attached hydrogens (tertiary/aromatic N) is 2. The molecule has 0 bridgehead atoms. The lowest BCUT2D eigenvalue weighted by Crippen LogP contribution is -2.33. The molecule has 0 radical (unpaired) electrons. The number of carbonyl (C=O) groups is 2. The molecule has 9 heteroatoms. The number of benzene rings is 1. The summed E-state index contributed by atoms with van der Waals surface area (Å²) in [7, 11) is 1.80. The molecule has 3 rings (SSSR count). The van der Waals surface area contributed by atoms with Crippen LogP contribution in [0.25, 0.3) is 10.2 Å². The fourth-order valence-electron chi connectivity index (χ4n) is 3.46. The van der Waals surface area contributed by atoms with Gasteiger partial charge in [0.05, 0.1) is 24.6 Å². The van der Waals surface area contributed by atoms with Gasteiger partial charge in [0.15, 0.2) is 0 Å². The summed E-state index contributed by atoms with van der Waals surface area (Å²) in [4.78, 5) is 47.6. The number of nitrogens with one attached hydrogen (secondary N) is 2. The highest BCUT2D eigenvalue weighted by molar-refractivity contribution is 7.20. The van der Waals surface area contributed by atoms with Crippen molar-refractivity contribution in [1.82, 2.24) is 14.9 Å². The first-order chi connectivity index (χ1) is 15.3. The molecule has 0 fully saturated rings. The summed E-state index contributed by atoms with van der Waals surface area (Å²) >= 11 is 1.15. The van der Waals surface area contributed by atoms with Gasteiger partial charge in [-0.2, -0.15) is 0 Å². The highest BCUT2D eigenvalue weighted by atomic mass is 32.1. The van der Waals surface area contributed by atoms with E-state index in [0.29, 0.717) is 26.5 Å². The number of carbonyl (C=O) groups excluding carboxylic acids is 2. The van der Waals surface area contributed by atoms with E-state index in [1.54, 1.807) is 25.8 Å². The zero-order valence-electron chi connectivity index (χ0n) is 18.9. The van der Waals surface area contributed by atoms with Gasteiger partial charge in [0.2, 0.25) is 5.91 Å². The summed E-state index contributed by atoms with van der Waals surface area (Å²) in [5.41, 5.74) is 2.13. The smallest absolute Gasteiger partial charge is 0.348 e. The van der Waals surface area contributed by atoms with Gasteiger partial charge in [0, 0.05) is 5.69 Å². The molecule has 0 aliphatic carbocycles. The second-order valence-corrected chi connectivity index (χ2v) is 8.56. The first kappa shape index (κ1) is 23.6. The van der Waals surface area contributed by atoms with E-state index in [-0.39, 0.29) is 30.7 Å². The zero-order valence-corrected chi connectivity index (χ0v) is 19.8. The minimum absolute atomic E-state index is 0.124. The van der Waals surface area contributed by atoms with Crippen LogP contribution in [0, 0.1) is 6.92 Å². The van der Waals surface area contributed by atoms with Crippen LogP contribution in [0.1, 0.15) is 53.4 Å². The summed E-state index contributed by atoms with van der Waals surface area (Å²) < 4.78 is 5.08. The normalized spacial score (nSPS) is 12.2. The van der Waals surface area contributed by atoms with Crippen molar-refractivity contribution >= 4 is 39.1 Å². The average molecular weight is 457 g/mol. The van der Waals surface area contributed by atoms with E-state index in [1.807, 2.05) is 38.1 Å². The van der Waals surface area contributed by atoms with E-state index in [1.165, 1.54) is 0 Å². The van der Waals surface area contributed by atoms with Gasteiger partial charge >= 0.3 is 5.97 Å². The number of hydrogen-bond acceptors (Lipinski definition) is 7. The number of anilines is 1. The molecule has 0 saturated carbocycles. The van der Waals surface area contributed by atoms with Crippen molar-refractivity contribution in [1.29, 1.82) is 0 Å². The van der Waals surface area contributed by atoms with E-state index in [4.69, 9.17) is 4.74 Å². The molecule has 170 valence electrons. The molecule has 1 amide bonds. The number of H-pyrrole nitrogens is 1. The Hall–Kier alpha value is -3.04. The lowest BCUT2D eigenvalue weighted by Gasteiger charge is -2.23. The largest absolute Gasteiger partial charge is 0.462 e. The number of esters is 1. The zero-order chi connectivity index (χ0) is 23.4. The molecule has 2 N–H and O–H groups in total. The Balaban J connectivity index is 1.79. The van der Waals surface area contributed by atoms with Crippen LogP contribution in [0.4, 0.5) is 5.69 Å². The number of para-hydroxylation sites is 1.